The molecule has 0 heterocycles. The van der Waals surface area contributed by atoms with E-state index >= 15 is 0 Å². The maximum atomic E-state index is 13.5. The van der Waals surface area contributed by atoms with E-state index < -0.39 is 23.6 Å². The molecule has 2 rings (SSSR count). The Hall–Kier alpha value is -1.33. The minimum Gasteiger partial charge on any atom is -0.392 e. The number of aliphatic hydroxyl groups excluding tert-OH is 1. The van der Waals surface area contributed by atoms with Crippen LogP contribution in [0.1, 0.15) is 11.1 Å². The van der Waals surface area contributed by atoms with Crippen LogP contribution in [0.3, 0.4) is 0 Å². The molecular formula is C15H12BrF3O. The fraction of sp³-hybridized carbons (Fsp3) is 0.200. The quantitative estimate of drug-likeness (QED) is 0.888. The Morgan fingerprint density at radius 1 is 0.900 bits per heavy atom. The number of benzene rings is 2. The van der Waals surface area contributed by atoms with Gasteiger partial charge in [0.25, 0.3) is 0 Å². The first-order chi connectivity index (χ1) is 9.49. The number of halogens is 4. The minimum absolute atomic E-state index is 0.0352. The highest BCUT2D eigenvalue weighted by Crippen LogP contribution is 2.23. The molecule has 5 heteroatoms. The smallest absolute Gasteiger partial charge is 0.162 e. The summed E-state index contributed by atoms with van der Waals surface area (Å²) in [5.74, 6) is -2.32. The third-order valence-corrected chi connectivity index (χ3v) is 3.86. The molecule has 1 nitrogen and oxygen atoms in total. The Bertz CT molecular complexity index is 563. The van der Waals surface area contributed by atoms with Crippen LogP contribution in [0.15, 0.2) is 40.9 Å². The van der Waals surface area contributed by atoms with Crippen LogP contribution in [0.5, 0.6) is 0 Å². The van der Waals surface area contributed by atoms with E-state index in [4.69, 9.17) is 0 Å². The molecule has 0 amide bonds. The van der Waals surface area contributed by atoms with Crippen LogP contribution in [-0.4, -0.2) is 11.2 Å². The molecule has 0 aliphatic rings. The van der Waals surface area contributed by atoms with Gasteiger partial charge in [0.15, 0.2) is 11.6 Å². The van der Waals surface area contributed by atoms with Gasteiger partial charge in [-0.15, -0.1) is 0 Å². The van der Waals surface area contributed by atoms with Gasteiger partial charge in [0.05, 0.1) is 10.6 Å². The van der Waals surface area contributed by atoms with Gasteiger partial charge in [-0.05, 0) is 45.6 Å². The molecule has 0 bridgehead atoms. The van der Waals surface area contributed by atoms with Gasteiger partial charge in [-0.3, -0.25) is 0 Å². The van der Waals surface area contributed by atoms with Crippen LogP contribution in [-0.2, 0) is 12.8 Å². The molecule has 0 aliphatic carbocycles. The predicted molar refractivity (Wildman–Crippen MR) is 73.9 cm³/mol. The number of hydrogen-bond donors (Lipinski definition) is 1. The molecule has 0 radical (unpaired) electrons. The molecule has 1 unspecified atom stereocenters. The summed E-state index contributed by atoms with van der Waals surface area (Å²) >= 11 is 3.10. The highest BCUT2D eigenvalue weighted by Gasteiger charge is 2.15. The lowest BCUT2D eigenvalue weighted by Crippen LogP contribution is -2.15. The van der Waals surface area contributed by atoms with Crippen LogP contribution in [0.4, 0.5) is 13.2 Å². The van der Waals surface area contributed by atoms with Crippen molar-refractivity contribution in [2.75, 3.05) is 0 Å². The zero-order chi connectivity index (χ0) is 14.7. The van der Waals surface area contributed by atoms with Crippen LogP contribution >= 0.6 is 15.9 Å². The Balaban J connectivity index is 2.11. The van der Waals surface area contributed by atoms with Crippen molar-refractivity contribution in [3.8, 4) is 0 Å². The zero-order valence-corrected chi connectivity index (χ0v) is 12.0. The molecule has 20 heavy (non-hydrogen) atoms. The van der Waals surface area contributed by atoms with Gasteiger partial charge in [0.1, 0.15) is 5.82 Å². The Labute approximate surface area is 123 Å². The zero-order valence-electron chi connectivity index (χ0n) is 10.4. The van der Waals surface area contributed by atoms with E-state index in [0.29, 0.717) is 5.56 Å². The molecule has 0 saturated heterocycles. The van der Waals surface area contributed by atoms with Gasteiger partial charge >= 0.3 is 0 Å². The summed E-state index contributed by atoms with van der Waals surface area (Å²) in [6.45, 7) is 0. The van der Waals surface area contributed by atoms with E-state index in [1.54, 1.807) is 6.07 Å². The van der Waals surface area contributed by atoms with Crippen LogP contribution in [0, 0.1) is 17.5 Å². The summed E-state index contributed by atoms with van der Waals surface area (Å²) in [6, 6.07) is 8.32. The van der Waals surface area contributed by atoms with E-state index in [1.807, 2.05) is 0 Å². The van der Waals surface area contributed by atoms with Gasteiger partial charge in [-0.25, -0.2) is 13.2 Å². The van der Waals surface area contributed by atoms with E-state index in [2.05, 4.69) is 15.9 Å². The third-order valence-electron chi connectivity index (χ3n) is 2.97. The molecule has 2 aromatic carbocycles. The summed E-state index contributed by atoms with van der Waals surface area (Å²) in [5.41, 5.74) is 0.680. The Morgan fingerprint density at radius 2 is 1.45 bits per heavy atom. The lowest BCUT2D eigenvalue weighted by molar-refractivity contribution is 0.173. The summed E-state index contributed by atoms with van der Waals surface area (Å²) < 4.78 is 40.2. The van der Waals surface area contributed by atoms with Crippen molar-refractivity contribution < 1.29 is 18.3 Å². The lowest BCUT2D eigenvalue weighted by Gasteiger charge is -2.13. The fourth-order valence-electron chi connectivity index (χ4n) is 1.99. The van der Waals surface area contributed by atoms with Crippen LogP contribution < -0.4 is 0 Å². The van der Waals surface area contributed by atoms with Crippen LogP contribution in [0.2, 0.25) is 0 Å². The molecule has 0 fully saturated rings. The largest absolute Gasteiger partial charge is 0.392 e. The van der Waals surface area contributed by atoms with E-state index in [-0.39, 0.29) is 22.9 Å². The van der Waals surface area contributed by atoms with Gasteiger partial charge in [-0.1, -0.05) is 24.3 Å². The van der Waals surface area contributed by atoms with Gasteiger partial charge < -0.3 is 5.11 Å². The Kier molecular flexibility index (Phi) is 4.83. The minimum atomic E-state index is -0.954. The molecular weight excluding hydrogens is 333 g/mol. The molecule has 1 atom stereocenters. The first-order valence-electron chi connectivity index (χ1n) is 6.03. The second-order valence-corrected chi connectivity index (χ2v) is 5.28. The summed E-state index contributed by atoms with van der Waals surface area (Å²) in [5, 5.41) is 9.95. The first kappa shape index (κ1) is 15.1. The molecule has 0 saturated carbocycles. The number of hydrogen-bond acceptors (Lipinski definition) is 1. The van der Waals surface area contributed by atoms with Gasteiger partial charge in [0.2, 0.25) is 0 Å². The monoisotopic (exact) mass is 344 g/mol. The van der Waals surface area contributed by atoms with Crippen molar-refractivity contribution in [3.63, 3.8) is 0 Å². The summed E-state index contributed by atoms with van der Waals surface area (Å²) in [4.78, 5) is 0. The van der Waals surface area contributed by atoms with Crippen molar-refractivity contribution >= 4 is 15.9 Å². The predicted octanol–water partition coefficient (Wildman–Crippen LogP) is 4.01. The highest BCUT2D eigenvalue weighted by atomic mass is 79.9. The molecule has 0 spiro atoms. The molecule has 0 aliphatic heterocycles. The average Bonchev–Trinajstić information content (AvgIpc) is 2.40. The third kappa shape index (κ3) is 3.41. The van der Waals surface area contributed by atoms with Crippen molar-refractivity contribution in [3.05, 3.63) is 69.4 Å². The van der Waals surface area contributed by atoms with E-state index in [0.717, 1.165) is 6.07 Å². The van der Waals surface area contributed by atoms with Crippen LogP contribution in [0.25, 0.3) is 0 Å². The summed E-state index contributed by atoms with van der Waals surface area (Å²) in [7, 11) is 0. The highest BCUT2D eigenvalue weighted by molar-refractivity contribution is 9.10. The SMILES string of the molecule is OC(Cc1cccc(F)c1F)Cc1cccc(F)c1Br. The Morgan fingerprint density at radius 3 is 2.15 bits per heavy atom. The normalized spacial score (nSPS) is 12.4. The lowest BCUT2D eigenvalue weighted by atomic mass is 10.0. The number of aliphatic hydroxyl groups is 1. The van der Waals surface area contributed by atoms with Crippen molar-refractivity contribution in [2.45, 2.75) is 18.9 Å². The van der Waals surface area contributed by atoms with Crippen molar-refractivity contribution in [1.29, 1.82) is 0 Å². The summed E-state index contributed by atoms with van der Waals surface area (Å²) in [6.07, 6.45) is -0.815. The van der Waals surface area contributed by atoms with Gasteiger partial charge in [-0.2, -0.15) is 0 Å². The standard InChI is InChI=1S/C15H12BrF3O/c16-14-9(3-1-5-12(14)17)7-11(20)8-10-4-2-6-13(18)15(10)19/h1-6,11,20H,7-8H2. The van der Waals surface area contributed by atoms with Crippen molar-refractivity contribution in [1.82, 2.24) is 0 Å². The average molecular weight is 345 g/mol. The maximum absolute atomic E-state index is 13.5. The molecule has 106 valence electrons. The van der Waals surface area contributed by atoms with Gasteiger partial charge in [0, 0.05) is 6.42 Å². The second-order valence-electron chi connectivity index (χ2n) is 4.49. The molecule has 2 aromatic rings. The molecule has 0 aromatic heterocycles. The fourth-order valence-corrected chi connectivity index (χ4v) is 2.42. The topological polar surface area (TPSA) is 20.2 Å². The van der Waals surface area contributed by atoms with Crippen molar-refractivity contribution in [2.24, 2.45) is 0 Å². The molecule has 1 N–H and O–H groups in total. The maximum Gasteiger partial charge on any atom is 0.162 e. The second kappa shape index (κ2) is 6.41. The van der Waals surface area contributed by atoms with E-state index in [1.165, 1.54) is 24.3 Å². The first-order valence-corrected chi connectivity index (χ1v) is 6.82. The van der Waals surface area contributed by atoms with E-state index in [9.17, 15) is 18.3 Å². The number of rotatable bonds is 4.